The Balaban J connectivity index is 1.95. The Morgan fingerprint density at radius 1 is 1.27 bits per heavy atom. The molecule has 1 saturated heterocycles. The molecule has 0 aliphatic carbocycles. The molecule has 2 heterocycles. The number of hydrogen-bond acceptors (Lipinski definition) is 5. The van der Waals surface area contributed by atoms with Gasteiger partial charge in [-0.25, -0.2) is 0 Å². The van der Waals surface area contributed by atoms with Crippen molar-refractivity contribution in [3.05, 3.63) is 12.2 Å². The summed E-state index contributed by atoms with van der Waals surface area (Å²) in [6.45, 7) is 10.6. The smallest absolute Gasteiger partial charge is 0.239 e. The summed E-state index contributed by atoms with van der Waals surface area (Å²) < 4.78 is 2.00. The second-order valence-electron chi connectivity index (χ2n) is 6.46. The van der Waals surface area contributed by atoms with Crippen LogP contribution in [0.25, 0.3) is 0 Å². The predicted octanol–water partition coefficient (Wildman–Crippen LogP) is 0.453. The van der Waals surface area contributed by atoms with Gasteiger partial charge in [-0.2, -0.15) is 0 Å². The summed E-state index contributed by atoms with van der Waals surface area (Å²) in [5.41, 5.74) is 0. The fourth-order valence-corrected chi connectivity index (χ4v) is 2.79. The monoisotopic (exact) mass is 308 g/mol. The summed E-state index contributed by atoms with van der Waals surface area (Å²) in [4.78, 5) is 19.0. The van der Waals surface area contributed by atoms with Gasteiger partial charge in [-0.05, 0) is 27.8 Å². The molecule has 7 heteroatoms. The molecule has 0 unspecified atom stereocenters. The van der Waals surface area contributed by atoms with Crippen LogP contribution in [0.3, 0.4) is 0 Å². The molecular weight excluding hydrogens is 280 g/mol. The maximum absolute atomic E-state index is 12.6. The molecule has 1 aliphatic heterocycles. The average molecular weight is 308 g/mol. The molecule has 0 N–H and O–H groups in total. The van der Waals surface area contributed by atoms with Gasteiger partial charge in [-0.3, -0.25) is 9.69 Å². The maximum Gasteiger partial charge on any atom is 0.239 e. The van der Waals surface area contributed by atoms with Gasteiger partial charge in [0, 0.05) is 39.3 Å². The fraction of sp³-hybridized carbons (Fsp3) is 0.800. The third-order valence-electron chi connectivity index (χ3n) is 4.40. The van der Waals surface area contributed by atoms with Crippen LogP contribution >= 0.6 is 0 Å². The molecule has 0 bridgehead atoms. The van der Waals surface area contributed by atoms with Crippen molar-refractivity contribution >= 4 is 5.91 Å². The molecule has 1 amide bonds. The normalized spacial score (nSPS) is 18.6. The molecule has 1 aliphatic rings. The van der Waals surface area contributed by atoms with E-state index in [1.807, 2.05) is 18.5 Å². The molecule has 7 nitrogen and oxygen atoms in total. The minimum Gasteiger partial charge on any atom is -0.337 e. The lowest BCUT2D eigenvalue weighted by Crippen LogP contribution is -2.53. The first-order chi connectivity index (χ1) is 10.4. The molecule has 1 aromatic rings. The summed E-state index contributed by atoms with van der Waals surface area (Å²) in [7, 11) is 3.96. The van der Waals surface area contributed by atoms with Crippen LogP contribution in [-0.2, 0) is 11.3 Å². The second-order valence-corrected chi connectivity index (χ2v) is 6.46. The Bertz CT molecular complexity index is 492. The number of hydrogen-bond donors (Lipinski definition) is 0. The highest BCUT2D eigenvalue weighted by molar-refractivity contribution is 5.81. The van der Waals surface area contributed by atoms with Gasteiger partial charge >= 0.3 is 0 Å². The van der Waals surface area contributed by atoms with Crippen molar-refractivity contribution < 1.29 is 4.79 Å². The molecule has 0 saturated carbocycles. The van der Waals surface area contributed by atoms with Crippen LogP contribution in [0.1, 0.15) is 32.6 Å². The van der Waals surface area contributed by atoms with Crippen LogP contribution in [0.4, 0.5) is 0 Å². The number of carbonyl (C=O) groups is 1. The Labute approximate surface area is 132 Å². The Morgan fingerprint density at radius 2 is 1.91 bits per heavy atom. The molecule has 0 spiro atoms. The van der Waals surface area contributed by atoms with Crippen molar-refractivity contribution in [3.63, 3.8) is 0 Å². The van der Waals surface area contributed by atoms with Gasteiger partial charge in [0.15, 0.2) is 5.82 Å². The van der Waals surface area contributed by atoms with Crippen molar-refractivity contribution in [2.75, 3.05) is 40.3 Å². The first-order valence-electron chi connectivity index (χ1n) is 7.96. The number of rotatable bonds is 5. The second kappa shape index (κ2) is 7.19. The van der Waals surface area contributed by atoms with Crippen LogP contribution in [0, 0.1) is 0 Å². The summed E-state index contributed by atoms with van der Waals surface area (Å²) in [5, 5.41) is 8.10. The van der Waals surface area contributed by atoms with E-state index in [4.69, 9.17) is 0 Å². The lowest BCUT2D eigenvalue weighted by atomic mass is 10.2. The molecule has 1 atom stereocenters. The van der Waals surface area contributed by atoms with Crippen LogP contribution < -0.4 is 0 Å². The minimum atomic E-state index is -0.0888. The molecule has 0 radical (unpaired) electrons. The average Bonchev–Trinajstić information content (AvgIpc) is 2.94. The van der Waals surface area contributed by atoms with E-state index in [0.29, 0.717) is 12.6 Å². The van der Waals surface area contributed by atoms with Crippen molar-refractivity contribution in [1.82, 2.24) is 29.5 Å². The number of aromatic nitrogens is 3. The zero-order valence-electron chi connectivity index (χ0n) is 14.4. The highest BCUT2D eigenvalue weighted by Crippen LogP contribution is 2.11. The predicted molar refractivity (Wildman–Crippen MR) is 85.4 cm³/mol. The third kappa shape index (κ3) is 3.84. The van der Waals surface area contributed by atoms with Gasteiger partial charge in [-0.1, -0.05) is 0 Å². The standard InChI is InChI=1S/C15H28N6O/c1-12(2)21-11-16-17-14(21)10-19(5)15(22)13(3)20-8-6-18(4)7-9-20/h11-13H,6-10H2,1-5H3/t13-/m0/s1. The highest BCUT2D eigenvalue weighted by atomic mass is 16.2. The molecule has 0 aromatic carbocycles. The number of likely N-dealkylation sites (N-methyl/N-ethyl adjacent to an activating group) is 2. The largest absolute Gasteiger partial charge is 0.337 e. The van der Waals surface area contributed by atoms with Gasteiger partial charge in [0.05, 0.1) is 12.6 Å². The van der Waals surface area contributed by atoms with Crippen LogP contribution in [-0.4, -0.2) is 81.7 Å². The Kier molecular flexibility index (Phi) is 5.52. The van der Waals surface area contributed by atoms with E-state index in [9.17, 15) is 4.79 Å². The van der Waals surface area contributed by atoms with Crippen LogP contribution in [0.5, 0.6) is 0 Å². The number of amides is 1. The van der Waals surface area contributed by atoms with Gasteiger partial charge in [0.2, 0.25) is 5.91 Å². The van der Waals surface area contributed by atoms with E-state index in [1.54, 1.807) is 11.2 Å². The van der Waals surface area contributed by atoms with Crippen LogP contribution in [0.2, 0.25) is 0 Å². The van der Waals surface area contributed by atoms with Crippen molar-refractivity contribution in [1.29, 1.82) is 0 Å². The van der Waals surface area contributed by atoms with Gasteiger partial charge in [0.1, 0.15) is 6.33 Å². The van der Waals surface area contributed by atoms with Crippen molar-refractivity contribution in [2.45, 2.75) is 39.4 Å². The Morgan fingerprint density at radius 3 is 2.50 bits per heavy atom. The SMILES string of the molecule is CC(C)n1cnnc1CN(C)C(=O)[C@H](C)N1CCN(C)CC1. The summed E-state index contributed by atoms with van der Waals surface area (Å²) in [6.07, 6.45) is 1.72. The van der Waals surface area contributed by atoms with E-state index < -0.39 is 0 Å². The van der Waals surface area contributed by atoms with Crippen molar-refractivity contribution in [2.24, 2.45) is 0 Å². The van der Waals surface area contributed by atoms with Crippen molar-refractivity contribution in [3.8, 4) is 0 Å². The molecule has 124 valence electrons. The van der Waals surface area contributed by atoms with Gasteiger partial charge in [-0.15, -0.1) is 10.2 Å². The first kappa shape index (κ1) is 16.9. The molecule has 2 rings (SSSR count). The fourth-order valence-electron chi connectivity index (χ4n) is 2.79. The molecule has 1 fully saturated rings. The lowest BCUT2D eigenvalue weighted by molar-refractivity contribution is -0.136. The van der Waals surface area contributed by atoms with E-state index in [2.05, 4.69) is 40.9 Å². The lowest BCUT2D eigenvalue weighted by Gasteiger charge is -2.37. The first-order valence-corrected chi connectivity index (χ1v) is 7.96. The minimum absolute atomic E-state index is 0.0888. The number of nitrogens with zero attached hydrogens (tertiary/aromatic N) is 6. The summed E-state index contributed by atoms with van der Waals surface area (Å²) >= 11 is 0. The topological polar surface area (TPSA) is 57.5 Å². The van der Waals surface area contributed by atoms with E-state index in [-0.39, 0.29) is 11.9 Å². The molecule has 1 aromatic heterocycles. The number of carbonyl (C=O) groups excluding carboxylic acids is 1. The third-order valence-corrected chi connectivity index (χ3v) is 4.40. The van der Waals surface area contributed by atoms with E-state index in [1.165, 1.54) is 0 Å². The van der Waals surface area contributed by atoms with Gasteiger partial charge in [0.25, 0.3) is 0 Å². The Hall–Kier alpha value is -1.47. The molecular formula is C15H28N6O. The zero-order chi connectivity index (χ0) is 16.3. The van der Waals surface area contributed by atoms with Crippen LogP contribution in [0.15, 0.2) is 6.33 Å². The summed E-state index contributed by atoms with van der Waals surface area (Å²) in [5.74, 6) is 0.972. The highest BCUT2D eigenvalue weighted by Gasteiger charge is 2.27. The van der Waals surface area contributed by atoms with E-state index >= 15 is 0 Å². The number of piperazine rings is 1. The molecule has 22 heavy (non-hydrogen) atoms. The quantitative estimate of drug-likeness (QED) is 0.791. The summed E-state index contributed by atoms with van der Waals surface area (Å²) in [6, 6.07) is 0.206. The zero-order valence-corrected chi connectivity index (χ0v) is 14.4. The maximum atomic E-state index is 12.6. The van der Waals surface area contributed by atoms with E-state index in [0.717, 1.165) is 32.0 Å². The van der Waals surface area contributed by atoms with Gasteiger partial charge < -0.3 is 14.4 Å².